The van der Waals surface area contributed by atoms with Gasteiger partial charge in [0.2, 0.25) is 11.9 Å². The average molecular weight is 827 g/mol. The minimum Gasteiger partial charge on any atom is -0.366 e. The lowest BCUT2D eigenvalue weighted by molar-refractivity contribution is 0.340. The van der Waals surface area contributed by atoms with Crippen molar-refractivity contribution in [1.82, 2.24) is 19.9 Å². The second-order valence-corrected chi connectivity index (χ2v) is 16.7. The number of nitrogens with one attached hydrogen (secondary N) is 4. The quantitative estimate of drug-likeness (QED) is 0.0860. The predicted octanol–water partition coefficient (Wildman–Crippen LogP) is 13.0. The maximum absolute atomic E-state index is 4.95. The third-order valence-corrected chi connectivity index (χ3v) is 11.9. The fourth-order valence-electron chi connectivity index (χ4n) is 8.50. The predicted molar refractivity (Wildman–Crippen MR) is 262 cm³/mol. The van der Waals surface area contributed by atoms with Gasteiger partial charge < -0.3 is 21.3 Å². The molecule has 0 saturated heterocycles. The fraction of sp³-hybridized carbons (Fsp3) is 0.200. The van der Waals surface area contributed by atoms with Gasteiger partial charge in [0, 0.05) is 44.4 Å². The zero-order valence-electron chi connectivity index (χ0n) is 36.0. The summed E-state index contributed by atoms with van der Waals surface area (Å²) >= 11 is 0. The summed E-state index contributed by atoms with van der Waals surface area (Å²) in [6, 6.07) is 59.5. The second-order valence-electron chi connectivity index (χ2n) is 16.7. The number of hydrogen-bond donors (Lipinski definition) is 4. The molecule has 4 N–H and O–H groups in total. The van der Waals surface area contributed by atoms with Crippen LogP contribution in [-0.2, 0) is 19.6 Å². The Bertz CT molecular complexity index is 2820. The SMILES string of the molecule is CC(C)CNc1nc(NCc2cccc3ccccc23)cc(C2CCC2c2ccccc2)n1.c1ccc2c(CNc3ccnc(NCc4cccc5ccccc45)n3)cccc2c1. The number of benzene rings is 7. The first-order chi connectivity index (χ1) is 31.0. The summed E-state index contributed by atoms with van der Waals surface area (Å²) in [7, 11) is 0. The van der Waals surface area contributed by atoms with Crippen molar-refractivity contribution < 1.29 is 0 Å². The Morgan fingerprint density at radius 3 is 1.51 bits per heavy atom. The van der Waals surface area contributed by atoms with E-state index < -0.39 is 0 Å². The number of anilines is 4. The van der Waals surface area contributed by atoms with Crippen molar-refractivity contribution >= 4 is 55.8 Å². The van der Waals surface area contributed by atoms with E-state index >= 15 is 0 Å². The van der Waals surface area contributed by atoms with Gasteiger partial charge in [0.25, 0.3) is 0 Å². The van der Waals surface area contributed by atoms with Gasteiger partial charge in [-0.2, -0.15) is 9.97 Å². The smallest absolute Gasteiger partial charge is 0.224 e. The van der Waals surface area contributed by atoms with Crippen molar-refractivity contribution in [3.8, 4) is 0 Å². The summed E-state index contributed by atoms with van der Waals surface area (Å²) < 4.78 is 0. The van der Waals surface area contributed by atoms with Crippen LogP contribution in [-0.4, -0.2) is 26.5 Å². The second kappa shape index (κ2) is 19.6. The van der Waals surface area contributed by atoms with E-state index in [9.17, 15) is 0 Å². The first-order valence-electron chi connectivity index (χ1n) is 22.2. The van der Waals surface area contributed by atoms with E-state index in [0.29, 0.717) is 36.8 Å². The summed E-state index contributed by atoms with van der Waals surface area (Å²) in [6.45, 7) is 7.38. The van der Waals surface area contributed by atoms with Crippen LogP contribution < -0.4 is 21.3 Å². The molecule has 8 heteroatoms. The topological polar surface area (TPSA) is 99.7 Å². The van der Waals surface area contributed by atoms with Crippen LogP contribution in [0.2, 0.25) is 0 Å². The molecule has 8 nitrogen and oxygen atoms in total. The molecule has 9 aromatic rings. The molecule has 1 saturated carbocycles. The Morgan fingerprint density at radius 2 is 0.952 bits per heavy atom. The minimum absolute atomic E-state index is 0.438. The van der Waals surface area contributed by atoms with E-state index in [4.69, 9.17) is 9.97 Å². The van der Waals surface area contributed by atoms with Gasteiger partial charge in [-0.25, -0.2) is 9.97 Å². The highest BCUT2D eigenvalue weighted by atomic mass is 15.1. The summed E-state index contributed by atoms with van der Waals surface area (Å²) in [5, 5.41) is 21.4. The number of hydrogen-bond acceptors (Lipinski definition) is 8. The van der Waals surface area contributed by atoms with E-state index in [2.05, 4.69) is 209 Å². The molecule has 2 atom stereocenters. The third-order valence-electron chi connectivity index (χ3n) is 11.9. The third kappa shape index (κ3) is 10.1. The van der Waals surface area contributed by atoms with Crippen molar-refractivity contribution in [2.75, 3.05) is 27.8 Å². The highest BCUT2D eigenvalue weighted by Crippen LogP contribution is 2.49. The molecule has 10 rings (SSSR count). The Balaban J connectivity index is 0.000000161. The highest BCUT2D eigenvalue weighted by Gasteiger charge is 2.35. The number of aromatic nitrogens is 4. The maximum atomic E-state index is 4.95. The van der Waals surface area contributed by atoms with E-state index in [1.165, 1.54) is 67.4 Å². The van der Waals surface area contributed by atoms with E-state index in [0.717, 1.165) is 36.4 Å². The Hall–Kier alpha value is -7.32. The van der Waals surface area contributed by atoms with Crippen molar-refractivity contribution in [2.24, 2.45) is 5.92 Å². The maximum Gasteiger partial charge on any atom is 0.224 e. The molecule has 0 amide bonds. The first kappa shape index (κ1) is 41.1. The molecular formula is C55H54N8. The van der Waals surface area contributed by atoms with Gasteiger partial charge in [-0.05, 0) is 85.3 Å². The molecule has 2 heterocycles. The summed E-state index contributed by atoms with van der Waals surface area (Å²) in [6.07, 6.45) is 4.17. The molecule has 0 spiro atoms. The lowest BCUT2D eigenvalue weighted by Crippen LogP contribution is -2.24. The lowest BCUT2D eigenvalue weighted by Gasteiger charge is -2.37. The molecule has 0 radical (unpaired) electrons. The molecule has 0 aliphatic heterocycles. The van der Waals surface area contributed by atoms with Crippen LogP contribution in [0.1, 0.15) is 66.5 Å². The van der Waals surface area contributed by atoms with Crippen molar-refractivity contribution in [1.29, 1.82) is 0 Å². The monoisotopic (exact) mass is 826 g/mol. The summed E-state index contributed by atoms with van der Waals surface area (Å²) in [5.74, 6) is 4.53. The van der Waals surface area contributed by atoms with Crippen LogP contribution >= 0.6 is 0 Å². The van der Waals surface area contributed by atoms with E-state index in [-0.39, 0.29) is 0 Å². The normalized spacial score (nSPS) is 14.5. The molecule has 2 unspecified atom stereocenters. The summed E-state index contributed by atoms with van der Waals surface area (Å²) in [4.78, 5) is 18.8. The molecule has 314 valence electrons. The van der Waals surface area contributed by atoms with Crippen molar-refractivity contribution in [3.05, 3.63) is 204 Å². The van der Waals surface area contributed by atoms with Gasteiger partial charge in [0.1, 0.15) is 11.6 Å². The zero-order valence-corrected chi connectivity index (χ0v) is 36.0. The average Bonchev–Trinajstić information content (AvgIpc) is 3.31. The van der Waals surface area contributed by atoms with Gasteiger partial charge in [-0.3, -0.25) is 0 Å². The molecule has 1 aliphatic carbocycles. The van der Waals surface area contributed by atoms with Crippen LogP contribution in [0, 0.1) is 5.92 Å². The fourth-order valence-corrected chi connectivity index (χ4v) is 8.50. The zero-order chi connectivity index (χ0) is 42.8. The summed E-state index contributed by atoms with van der Waals surface area (Å²) in [5.41, 5.74) is 6.30. The number of rotatable bonds is 14. The largest absolute Gasteiger partial charge is 0.366 e. The first-order valence-corrected chi connectivity index (χ1v) is 22.2. The Labute approximate surface area is 370 Å². The van der Waals surface area contributed by atoms with Crippen molar-refractivity contribution in [3.63, 3.8) is 0 Å². The molecule has 63 heavy (non-hydrogen) atoms. The highest BCUT2D eigenvalue weighted by molar-refractivity contribution is 5.87. The van der Waals surface area contributed by atoms with Gasteiger partial charge in [0.15, 0.2) is 0 Å². The lowest BCUT2D eigenvalue weighted by atomic mass is 9.68. The Kier molecular flexibility index (Phi) is 12.8. The van der Waals surface area contributed by atoms with Crippen LogP contribution in [0.3, 0.4) is 0 Å². The molecule has 2 aromatic heterocycles. The van der Waals surface area contributed by atoms with E-state index in [1.807, 2.05) is 6.07 Å². The molecular weight excluding hydrogens is 773 g/mol. The molecule has 7 aromatic carbocycles. The standard InChI is InChI=1S/C29H32N4.C26H22N4/c1-20(2)18-31-29-32-27(26-16-15-25(26)22-9-4-3-5-10-22)17-28(33-29)30-19-23-13-8-12-21-11-6-7-14-24(21)23;1-3-13-23-19(7-1)9-5-11-21(23)17-28-25-15-16-27-26(30-25)29-18-22-12-6-10-20-8-2-4-14-24(20)22/h3-14,17,20,25-26H,15-16,18-19H2,1-2H3,(H2,30,31,32,33);1-16H,17-18H2,(H2,27,28,29,30). The minimum atomic E-state index is 0.438. The van der Waals surface area contributed by atoms with Gasteiger partial charge >= 0.3 is 0 Å². The molecule has 1 aliphatic rings. The number of fused-ring (bicyclic) bond motifs is 3. The van der Waals surface area contributed by atoms with E-state index in [1.54, 1.807) is 6.20 Å². The van der Waals surface area contributed by atoms with Crippen molar-refractivity contribution in [2.45, 2.75) is 58.2 Å². The van der Waals surface area contributed by atoms with Gasteiger partial charge in [0.05, 0.1) is 5.69 Å². The number of nitrogens with zero attached hydrogens (tertiary/aromatic N) is 4. The van der Waals surface area contributed by atoms with Crippen LogP contribution in [0.4, 0.5) is 23.5 Å². The van der Waals surface area contributed by atoms with Gasteiger partial charge in [-0.1, -0.05) is 172 Å². The van der Waals surface area contributed by atoms with Crippen LogP contribution in [0.5, 0.6) is 0 Å². The van der Waals surface area contributed by atoms with Gasteiger partial charge in [-0.15, -0.1) is 0 Å². The Morgan fingerprint density at radius 1 is 0.460 bits per heavy atom. The van der Waals surface area contributed by atoms with Crippen LogP contribution in [0.25, 0.3) is 32.3 Å². The molecule has 1 fully saturated rings. The molecule has 0 bridgehead atoms. The van der Waals surface area contributed by atoms with Crippen LogP contribution in [0.15, 0.2) is 176 Å².